The van der Waals surface area contributed by atoms with E-state index in [0.29, 0.717) is 6.04 Å². The molecule has 24 heavy (non-hydrogen) atoms. The van der Waals surface area contributed by atoms with Crippen LogP contribution in [0.1, 0.15) is 36.8 Å². The Labute approximate surface area is 151 Å². The van der Waals surface area contributed by atoms with Crippen LogP contribution < -0.4 is 16.0 Å². The standard InChI is InChI=1S/C16H25N5OS2/c1-11-15(23-10-17-11)14-9-24-16(20-14,19-12(2)22)18-7-6-13-5-4-8-21(13)3/h9-10,13,18,20H,4-8H2,1-3H3,(H,19,22). The number of amides is 1. The largest absolute Gasteiger partial charge is 0.340 e. The molecule has 0 radical (unpaired) electrons. The second kappa shape index (κ2) is 7.43. The number of hydrogen-bond donors (Lipinski definition) is 3. The number of aryl methyl sites for hydroxylation is 1. The van der Waals surface area contributed by atoms with Crippen LogP contribution in [0.2, 0.25) is 0 Å². The van der Waals surface area contributed by atoms with Crippen molar-refractivity contribution in [2.45, 2.75) is 44.3 Å². The molecule has 1 fully saturated rings. The third kappa shape index (κ3) is 3.93. The van der Waals surface area contributed by atoms with Gasteiger partial charge < -0.3 is 15.5 Å². The molecule has 0 aromatic carbocycles. The van der Waals surface area contributed by atoms with E-state index < -0.39 is 5.12 Å². The minimum absolute atomic E-state index is 0.0591. The molecular weight excluding hydrogens is 342 g/mol. The number of rotatable bonds is 6. The average Bonchev–Trinajstić information content (AvgIpc) is 3.21. The van der Waals surface area contributed by atoms with Gasteiger partial charge in [0.05, 0.1) is 21.8 Å². The molecule has 0 spiro atoms. The van der Waals surface area contributed by atoms with Crippen molar-refractivity contribution in [3.8, 4) is 0 Å². The van der Waals surface area contributed by atoms with Gasteiger partial charge in [0.2, 0.25) is 11.0 Å². The summed E-state index contributed by atoms with van der Waals surface area (Å²) in [7, 11) is 2.19. The van der Waals surface area contributed by atoms with Crippen molar-refractivity contribution in [1.82, 2.24) is 25.8 Å². The average molecular weight is 368 g/mol. The number of carbonyl (C=O) groups is 1. The van der Waals surface area contributed by atoms with Crippen LogP contribution in [0.15, 0.2) is 10.9 Å². The maximum Gasteiger partial charge on any atom is 0.221 e. The van der Waals surface area contributed by atoms with E-state index in [9.17, 15) is 4.79 Å². The lowest BCUT2D eigenvalue weighted by atomic mass is 10.1. The molecule has 1 saturated heterocycles. The molecule has 1 aromatic rings. The molecule has 0 saturated carbocycles. The zero-order valence-corrected chi connectivity index (χ0v) is 16.0. The number of aromatic nitrogens is 1. The lowest BCUT2D eigenvalue weighted by Gasteiger charge is -2.32. The van der Waals surface area contributed by atoms with Gasteiger partial charge in [0.25, 0.3) is 0 Å². The zero-order valence-electron chi connectivity index (χ0n) is 14.4. The number of nitrogens with zero attached hydrogens (tertiary/aromatic N) is 2. The molecule has 2 atom stereocenters. The Kier molecular flexibility index (Phi) is 5.49. The van der Waals surface area contributed by atoms with E-state index in [1.165, 1.54) is 19.4 Å². The van der Waals surface area contributed by atoms with Gasteiger partial charge in [0.1, 0.15) is 0 Å². The van der Waals surface area contributed by atoms with Gasteiger partial charge >= 0.3 is 0 Å². The predicted molar refractivity (Wildman–Crippen MR) is 100 cm³/mol. The lowest BCUT2D eigenvalue weighted by molar-refractivity contribution is -0.120. The first-order valence-corrected chi connectivity index (χ1v) is 10.1. The third-order valence-corrected chi connectivity index (χ3v) is 6.55. The molecule has 1 aromatic heterocycles. The molecule has 0 bridgehead atoms. The summed E-state index contributed by atoms with van der Waals surface area (Å²) >= 11 is 3.17. The molecule has 0 aliphatic carbocycles. The summed E-state index contributed by atoms with van der Waals surface area (Å²) < 4.78 is 0. The topological polar surface area (TPSA) is 69.3 Å². The lowest BCUT2D eigenvalue weighted by Crippen LogP contribution is -2.63. The van der Waals surface area contributed by atoms with Crippen LogP contribution in [0, 0.1) is 6.92 Å². The summed E-state index contributed by atoms with van der Waals surface area (Å²) in [6.07, 6.45) is 3.62. The highest BCUT2D eigenvalue weighted by Gasteiger charge is 2.37. The van der Waals surface area contributed by atoms with E-state index in [0.717, 1.165) is 29.2 Å². The Morgan fingerprint density at radius 2 is 2.42 bits per heavy atom. The van der Waals surface area contributed by atoms with Gasteiger partial charge in [-0.15, -0.1) is 11.3 Å². The number of hydrogen-bond acceptors (Lipinski definition) is 7. The molecule has 132 valence electrons. The number of thiazole rings is 1. The van der Waals surface area contributed by atoms with E-state index in [2.05, 4.69) is 38.3 Å². The monoisotopic (exact) mass is 367 g/mol. The fourth-order valence-corrected chi connectivity index (χ4v) is 5.14. The van der Waals surface area contributed by atoms with Gasteiger partial charge in [-0.05, 0) is 39.8 Å². The van der Waals surface area contributed by atoms with Gasteiger partial charge in [0, 0.05) is 24.9 Å². The molecule has 2 unspecified atom stereocenters. The fourth-order valence-electron chi connectivity index (χ4n) is 3.26. The van der Waals surface area contributed by atoms with Crippen molar-refractivity contribution < 1.29 is 4.79 Å². The van der Waals surface area contributed by atoms with Crippen molar-refractivity contribution >= 4 is 34.7 Å². The number of thioether (sulfide) groups is 1. The summed E-state index contributed by atoms with van der Waals surface area (Å²) in [6.45, 7) is 5.58. The Morgan fingerprint density at radius 1 is 1.58 bits per heavy atom. The van der Waals surface area contributed by atoms with Crippen LogP contribution >= 0.6 is 23.1 Å². The minimum Gasteiger partial charge on any atom is -0.340 e. The van der Waals surface area contributed by atoms with Crippen LogP contribution in [0.5, 0.6) is 0 Å². The minimum atomic E-state index is -0.672. The van der Waals surface area contributed by atoms with Crippen LogP contribution in [0.3, 0.4) is 0 Å². The molecule has 3 N–H and O–H groups in total. The van der Waals surface area contributed by atoms with E-state index in [1.807, 2.05) is 12.4 Å². The SMILES string of the molecule is CC(=O)NC1(NCCC2CCCN2C)NC(c2scnc2C)=CS1. The Morgan fingerprint density at radius 3 is 3.04 bits per heavy atom. The zero-order chi connectivity index (χ0) is 17.2. The first-order valence-electron chi connectivity index (χ1n) is 8.30. The molecule has 3 rings (SSSR count). The first-order chi connectivity index (χ1) is 11.5. The smallest absolute Gasteiger partial charge is 0.221 e. The third-order valence-electron chi connectivity index (χ3n) is 4.53. The second-order valence-electron chi connectivity index (χ2n) is 6.40. The second-order valence-corrected chi connectivity index (χ2v) is 8.33. The highest BCUT2D eigenvalue weighted by atomic mass is 32.2. The quantitative estimate of drug-likeness (QED) is 0.668. The number of carbonyl (C=O) groups excluding carboxylic acids is 1. The van der Waals surface area contributed by atoms with Crippen molar-refractivity contribution in [2.24, 2.45) is 0 Å². The van der Waals surface area contributed by atoms with Crippen molar-refractivity contribution in [2.75, 3.05) is 20.1 Å². The molecule has 1 amide bonds. The van der Waals surface area contributed by atoms with E-state index in [-0.39, 0.29) is 5.91 Å². The van der Waals surface area contributed by atoms with E-state index in [1.54, 1.807) is 30.0 Å². The highest BCUT2D eigenvalue weighted by molar-refractivity contribution is 8.03. The Hall–Kier alpha value is -1.09. The molecular formula is C16H25N5OS2. The van der Waals surface area contributed by atoms with Crippen molar-refractivity contribution in [1.29, 1.82) is 0 Å². The van der Waals surface area contributed by atoms with Crippen LogP contribution in [0.4, 0.5) is 0 Å². The van der Waals surface area contributed by atoms with E-state index in [4.69, 9.17) is 0 Å². The van der Waals surface area contributed by atoms with Gasteiger partial charge in [-0.2, -0.15) is 0 Å². The molecule has 3 heterocycles. The van der Waals surface area contributed by atoms with Gasteiger partial charge in [-0.1, -0.05) is 11.8 Å². The van der Waals surface area contributed by atoms with Gasteiger partial charge in [-0.3, -0.25) is 10.1 Å². The maximum atomic E-state index is 11.7. The number of likely N-dealkylation sites (tertiary alicyclic amines) is 1. The Balaban J connectivity index is 1.62. The van der Waals surface area contributed by atoms with Gasteiger partial charge in [-0.25, -0.2) is 4.98 Å². The Bertz CT molecular complexity index is 632. The summed E-state index contributed by atoms with van der Waals surface area (Å²) in [5.41, 5.74) is 3.87. The van der Waals surface area contributed by atoms with Gasteiger partial charge in [0.15, 0.2) is 0 Å². The fraction of sp³-hybridized carbons (Fsp3) is 0.625. The van der Waals surface area contributed by atoms with Crippen molar-refractivity contribution in [3.05, 3.63) is 21.5 Å². The molecule has 6 nitrogen and oxygen atoms in total. The van der Waals surface area contributed by atoms with Crippen LogP contribution in [-0.4, -0.2) is 47.1 Å². The predicted octanol–water partition coefficient (Wildman–Crippen LogP) is 1.91. The molecule has 2 aliphatic heterocycles. The summed E-state index contributed by atoms with van der Waals surface area (Å²) in [4.78, 5) is 19.5. The maximum absolute atomic E-state index is 11.7. The summed E-state index contributed by atoms with van der Waals surface area (Å²) in [5, 5.41) is 11.4. The molecule has 8 heteroatoms. The normalized spacial score (nSPS) is 27.1. The van der Waals surface area contributed by atoms with Crippen LogP contribution in [-0.2, 0) is 4.79 Å². The van der Waals surface area contributed by atoms with Crippen molar-refractivity contribution in [3.63, 3.8) is 0 Å². The number of nitrogens with one attached hydrogen (secondary N) is 3. The van der Waals surface area contributed by atoms with Crippen LogP contribution in [0.25, 0.3) is 5.70 Å². The first kappa shape index (κ1) is 17.7. The molecule has 2 aliphatic rings. The van der Waals surface area contributed by atoms with E-state index >= 15 is 0 Å². The summed E-state index contributed by atoms with van der Waals surface area (Å²) in [5.74, 6) is -0.0591. The summed E-state index contributed by atoms with van der Waals surface area (Å²) in [6, 6.07) is 0.634. The highest BCUT2D eigenvalue weighted by Crippen LogP contribution is 2.35.